The van der Waals surface area contributed by atoms with Gasteiger partial charge in [0.15, 0.2) is 12.0 Å². The third-order valence-electron chi connectivity index (χ3n) is 2.07. The quantitative estimate of drug-likeness (QED) is 0.612. The molecule has 0 fully saturated rings. The minimum atomic E-state index is -3.41. The van der Waals surface area contributed by atoms with Gasteiger partial charge in [-0.25, -0.2) is 4.39 Å². The van der Waals surface area contributed by atoms with Crippen molar-refractivity contribution in [1.82, 2.24) is 0 Å². The molecule has 15 heavy (non-hydrogen) atoms. The standard InChI is InChI=1S/C9H18FO4P/c1-4-5-6-8(10)9(11)7-15(12,13-2)14-3/h8H,4-7H2,1-3H3/t8-/m0/s1. The van der Waals surface area contributed by atoms with Crippen LogP contribution in [-0.4, -0.2) is 32.3 Å². The molecule has 0 unspecified atom stereocenters. The van der Waals surface area contributed by atoms with Crippen LogP contribution in [0.5, 0.6) is 0 Å². The van der Waals surface area contributed by atoms with E-state index in [4.69, 9.17) is 0 Å². The van der Waals surface area contributed by atoms with E-state index in [1.54, 1.807) is 0 Å². The Morgan fingerprint density at radius 1 is 1.40 bits per heavy atom. The molecule has 0 radical (unpaired) electrons. The van der Waals surface area contributed by atoms with E-state index in [0.29, 0.717) is 6.42 Å². The zero-order chi connectivity index (χ0) is 11.9. The van der Waals surface area contributed by atoms with Gasteiger partial charge in [-0.15, -0.1) is 0 Å². The van der Waals surface area contributed by atoms with Gasteiger partial charge >= 0.3 is 7.60 Å². The zero-order valence-corrected chi connectivity index (χ0v) is 10.3. The Morgan fingerprint density at radius 2 is 1.93 bits per heavy atom. The maximum atomic E-state index is 13.2. The van der Waals surface area contributed by atoms with Crippen LogP contribution in [-0.2, 0) is 18.4 Å². The molecule has 90 valence electrons. The van der Waals surface area contributed by atoms with Gasteiger partial charge in [0.25, 0.3) is 0 Å². The second-order valence-corrected chi connectivity index (χ2v) is 5.48. The highest BCUT2D eigenvalue weighted by molar-refractivity contribution is 7.54. The summed E-state index contributed by atoms with van der Waals surface area (Å²) in [6.45, 7) is 1.91. The lowest BCUT2D eigenvalue weighted by Gasteiger charge is -2.13. The fourth-order valence-corrected chi connectivity index (χ4v) is 2.02. The van der Waals surface area contributed by atoms with Crippen LogP contribution in [0.2, 0.25) is 0 Å². The van der Waals surface area contributed by atoms with Crippen molar-refractivity contribution in [3.8, 4) is 0 Å². The van der Waals surface area contributed by atoms with Gasteiger partial charge in [0.05, 0.1) is 0 Å². The lowest BCUT2D eigenvalue weighted by molar-refractivity contribution is -0.121. The minimum Gasteiger partial charge on any atom is -0.312 e. The summed E-state index contributed by atoms with van der Waals surface area (Å²) in [4.78, 5) is 11.3. The molecule has 0 bridgehead atoms. The molecule has 0 aromatic heterocycles. The number of halogens is 1. The first kappa shape index (κ1) is 14.8. The van der Waals surface area contributed by atoms with Gasteiger partial charge in [-0.2, -0.15) is 0 Å². The summed E-state index contributed by atoms with van der Waals surface area (Å²) < 4.78 is 33.8. The molecule has 4 nitrogen and oxygen atoms in total. The Kier molecular flexibility index (Phi) is 6.98. The third kappa shape index (κ3) is 5.40. The van der Waals surface area contributed by atoms with Gasteiger partial charge < -0.3 is 9.05 Å². The van der Waals surface area contributed by atoms with Crippen molar-refractivity contribution >= 4 is 13.4 Å². The highest BCUT2D eigenvalue weighted by atomic mass is 31.2. The van der Waals surface area contributed by atoms with Crippen molar-refractivity contribution in [2.75, 3.05) is 20.4 Å². The number of hydrogen-bond donors (Lipinski definition) is 0. The predicted molar refractivity (Wildman–Crippen MR) is 55.9 cm³/mol. The number of carbonyl (C=O) groups excluding carboxylic acids is 1. The van der Waals surface area contributed by atoms with Gasteiger partial charge in [-0.1, -0.05) is 19.8 Å². The molecule has 0 N–H and O–H groups in total. The van der Waals surface area contributed by atoms with Gasteiger partial charge in [0.1, 0.15) is 6.16 Å². The third-order valence-corrected chi connectivity index (χ3v) is 3.88. The fourth-order valence-electron chi connectivity index (χ4n) is 1.04. The maximum Gasteiger partial charge on any atom is 0.337 e. The molecule has 0 saturated carbocycles. The van der Waals surface area contributed by atoms with E-state index in [1.165, 1.54) is 14.2 Å². The van der Waals surface area contributed by atoms with Crippen molar-refractivity contribution < 1.29 is 22.8 Å². The average molecular weight is 240 g/mol. The lowest BCUT2D eigenvalue weighted by atomic mass is 10.1. The van der Waals surface area contributed by atoms with Crippen LogP contribution in [0.1, 0.15) is 26.2 Å². The highest BCUT2D eigenvalue weighted by Crippen LogP contribution is 2.46. The molecule has 0 saturated heterocycles. The van der Waals surface area contributed by atoms with Crippen LogP contribution in [0.3, 0.4) is 0 Å². The number of ketones is 1. The molecular weight excluding hydrogens is 222 g/mol. The summed E-state index contributed by atoms with van der Waals surface area (Å²) in [5.41, 5.74) is 0. The highest BCUT2D eigenvalue weighted by Gasteiger charge is 2.29. The Bertz CT molecular complexity index is 236. The van der Waals surface area contributed by atoms with E-state index in [-0.39, 0.29) is 6.42 Å². The normalized spacial score (nSPS) is 13.9. The number of alkyl halides is 1. The van der Waals surface area contributed by atoms with Crippen LogP contribution in [0.15, 0.2) is 0 Å². The van der Waals surface area contributed by atoms with Crippen LogP contribution in [0, 0.1) is 0 Å². The second kappa shape index (κ2) is 7.09. The molecule has 0 aliphatic heterocycles. The molecule has 6 heteroatoms. The fraction of sp³-hybridized carbons (Fsp3) is 0.889. The van der Waals surface area contributed by atoms with Gasteiger partial charge in [0, 0.05) is 14.2 Å². The van der Waals surface area contributed by atoms with Crippen LogP contribution in [0.4, 0.5) is 4.39 Å². The molecule has 0 aromatic carbocycles. The van der Waals surface area contributed by atoms with Crippen molar-refractivity contribution in [2.24, 2.45) is 0 Å². The van der Waals surface area contributed by atoms with Crippen molar-refractivity contribution in [2.45, 2.75) is 32.4 Å². The summed E-state index contributed by atoms with van der Waals surface area (Å²) in [6.07, 6.45) is -0.436. The van der Waals surface area contributed by atoms with E-state index in [0.717, 1.165) is 6.42 Å². The first-order valence-electron chi connectivity index (χ1n) is 4.86. The molecule has 0 heterocycles. The maximum absolute atomic E-state index is 13.2. The topological polar surface area (TPSA) is 52.6 Å². The SMILES string of the molecule is CCCC[C@H](F)C(=O)CP(=O)(OC)OC. The molecule has 0 aromatic rings. The smallest absolute Gasteiger partial charge is 0.312 e. The Hall–Kier alpha value is -0.250. The Balaban J connectivity index is 4.17. The molecule has 0 rings (SSSR count). The summed E-state index contributed by atoms with van der Waals surface area (Å²) >= 11 is 0. The molecule has 0 aliphatic rings. The molecule has 0 aliphatic carbocycles. The van der Waals surface area contributed by atoms with Crippen molar-refractivity contribution in [1.29, 1.82) is 0 Å². The largest absolute Gasteiger partial charge is 0.337 e. The summed E-state index contributed by atoms with van der Waals surface area (Å²) in [5.74, 6) is -0.713. The monoisotopic (exact) mass is 240 g/mol. The van der Waals surface area contributed by atoms with Crippen LogP contribution < -0.4 is 0 Å². The molecule has 0 spiro atoms. The van der Waals surface area contributed by atoms with Gasteiger partial charge in [0.2, 0.25) is 0 Å². The Morgan fingerprint density at radius 3 is 2.33 bits per heavy atom. The van der Waals surface area contributed by atoms with Crippen LogP contribution >= 0.6 is 7.60 Å². The van der Waals surface area contributed by atoms with Gasteiger partial charge in [-0.05, 0) is 6.42 Å². The predicted octanol–water partition coefficient (Wildman–Crippen LogP) is 2.57. The van der Waals surface area contributed by atoms with Gasteiger partial charge in [-0.3, -0.25) is 9.36 Å². The number of Topliss-reactive ketones (excluding diaryl/α,β-unsaturated/α-hetero) is 1. The summed E-state index contributed by atoms with van der Waals surface area (Å²) in [7, 11) is -1.06. The van der Waals surface area contributed by atoms with E-state index < -0.39 is 25.7 Å². The van der Waals surface area contributed by atoms with E-state index >= 15 is 0 Å². The van der Waals surface area contributed by atoms with Crippen molar-refractivity contribution in [3.63, 3.8) is 0 Å². The first-order chi connectivity index (χ1) is 6.99. The summed E-state index contributed by atoms with van der Waals surface area (Å²) in [5, 5.41) is 0. The molecular formula is C9H18FO4P. The number of carbonyl (C=O) groups is 1. The van der Waals surface area contributed by atoms with E-state index in [2.05, 4.69) is 9.05 Å². The second-order valence-electron chi connectivity index (χ2n) is 3.21. The van der Waals surface area contributed by atoms with Crippen LogP contribution in [0.25, 0.3) is 0 Å². The summed E-state index contributed by atoms with van der Waals surface area (Å²) in [6, 6.07) is 0. The molecule has 1 atom stereocenters. The first-order valence-corrected chi connectivity index (χ1v) is 6.59. The molecule has 0 amide bonds. The lowest BCUT2D eigenvalue weighted by Crippen LogP contribution is -2.20. The van der Waals surface area contributed by atoms with E-state index in [1.807, 2.05) is 6.92 Å². The number of unbranched alkanes of at least 4 members (excludes halogenated alkanes) is 1. The number of hydrogen-bond acceptors (Lipinski definition) is 4. The average Bonchev–Trinajstić information content (AvgIpc) is 2.25. The number of rotatable bonds is 8. The van der Waals surface area contributed by atoms with Crippen molar-refractivity contribution in [3.05, 3.63) is 0 Å². The van der Waals surface area contributed by atoms with E-state index in [9.17, 15) is 13.8 Å². The Labute approximate surface area is 89.7 Å². The minimum absolute atomic E-state index is 0.169. The zero-order valence-electron chi connectivity index (χ0n) is 9.36.